The lowest BCUT2D eigenvalue weighted by Crippen LogP contribution is -2.01. The van der Waals surface area contributed by atoms with Crippen molar-refractivity contribution < 1.29 is 9.59 Å². The fraction of sp³-hybridized carbons (Fsp3) is 0.167. The third-order valence-electron chi connectivity index (χ3n) is 1.17. The van der Waals surface area contributed by atoms with E-state index in [0.717, 1.165) is 0 Å². The first-order chi connectivity index (χ1) is 4.88. The third-order valence-corrected chi connectivity index (χ3v) is 1.17. The highest BCUT2D eigenvalue weighted by molar-refractivity contribution is 5.84. The second-order valence-corrected chi connectivity index (χ2v) is 1.81. The Kier molecular flexibility index (Phi) is 1.94. The molecule has 1 aromatic rings. The molecule has 10 heavy (non-hydrogen) atoms. The Labute approximate surface area is 57.2 Å². The minimum Gasteiger partial charge on any atom is -0.302 e. The molecule has 0 atom stereocenters. The Morgan fingerprint density at radius 2 is 2.20 bits per heavy atom. The molecule has 0 unspecified atom stereocenters. The smallest absolute Gasteiger partial charge is 0.136 e. The Morgan fingerprint density at radius 1 is 1.50 bits per heavy atom. The van der Waals surface area contributed by atoms with Crippen LogP contribution in [0.3, 0.4) is 0 Å². The molecule has 4 heteroatoms. The summed E-state index contributed by atoms with van der Waals surface area (Å²) in [5.41, 5.74) is 0.532. The van der Waals surface area contributed by atoms with Crippen molar-refractivity contribution in [1.29, 1.82) is 0 Å². The van der Waals surface area contributed by atoms with E-state index in [9.17, 15) is 9.59 Å². The van der Waals surface area contributed by atoms with Gasteiger partial charge in [-0.3, -0.25) is 5.10 Å². The van der Waals surface area contributed by atoms with Gasteiger partial charge < -0.3 is 9.59 Å². The van der Waals surface area contributed by atoms with Gasteiger partial charge in [0.2, 0.25) is 0 Å². The standard InChI is InChI=1S/C6H6N2O2/c9-3-5(4-10)6-1-2-7-8-6/h1-5H,(H,7,8). The molecule has 4 nitrogen and oxygen atoms in total. The van der Waals surface area contributed by atoms with Crippen molar-refractivity contribution in [2.45, 2.75) is 5.92 Å². The van der Waals surface area contributed by atoms with Gasteiger partial charge in [-0.05, 0) is 6.07 Å². The van der Waals surface area contributed by atoms with Gasteiger partial charge in [0.1, 0.15) is 18.5 Å². The van der Waals surface area contributed by atoms with Crippen LogP contribution in [0.2, 0.25) is 0 Å². The first kappa shape index (κ1) is 6.67. The molecule has 52 valence electrons. The van der Waals surface area contributed by atoms with Crippen LogP contribution in [0.25, 0.3) is 0 Å². The van der Waals surface area contributed by atoms with E-state index in [2.05, 4.69) is 10.2 Å². The van der Waals surface area contributed by atoms with Crippen LogP contribution in [0.1, 0.15) is 11.6 Å². The van der Waals surface area contributed by atoms with E-state index in [4.69, 9.17) is 0 Å². The van der Waals surface area contributed by atoms with Gasteiger partial charge in [0.15, 0.2) is 0 Å². The zero-order valence-electron chi connectivity index (χ0n) is 5.15. The maximum atomic E-state index is 10.2. The lowest BCUT2D eigenvalue weighted by molar-refractivity contribution is -0.116. The molecule has 0 saturated carbocycles. The third kappa shape index (κ3) is 1.10. The summed E-state index contributed by atoms with van der Waals surface area (Å²) in [6.07, 6.45) is 2.64. The normalized spacial score (nSPS) is 9.70. The number of rotatable bonds is 3. The maximum Gasteiger partial charge on any atom is 0.136 e. The van der Waals surface area contributed by atoms with E-state index in [1.165, 1.54) is 6.20 Å². The van der Waals surface area contributed by atoms with Crippen LogP contribution in [-0.2, 0) is 9.59 Å². The number of aromatic nitrogens is 2. The van der Waals surface area contributed by atoms with Gasteiger partial charge in [-0.1, -0.05) is 0 Å². The molecule has 0 aliphatic carbocycles. The largest absolute Gasteiger partial charge is 0.302 e. The Morgan fingerprint density at radius 3 is 2.60 bits per heavy atom. The molecule has 0 aromatic carbocycles. The van der Waals surface area contributed by atoms with Crippen molar-refractivity contribution in [3.8, 4) is 0 Å². The minimum atomic E-state index is -0.692. The molecule has 0 bridgehead atoms. The van der Waals surface area contributed by atoms with Crippen molar-refractivity contribution >= 4 is 12.6 Å². The van der Waals surface area contributed by atoms with Crippen molar-refractivity contribution in [2.24, 2.45) is 0 Å². The first-order valence-electron chi connectivity index (χ1n) is 2.78. The Bertz CT molecular complexity index is 210. The number of aromatic amines is 1. The highest BCUT2D eigenvalue weighted by Crippen LogP contribution is 2.04. The van der Waals surface area contributed by atoms with Crippen molar-refractivity contribution in [2.75, 3.05) is 0 Å². The van der Waals surface area contributed by atoms with Gasteiger partial charge >= 0.3 is 0 Å². The number of nitrogens with one attached hydrogen (secondary N) is 1. The zero-order valence-corrected chi connectivity index (χ0v) is 5.15. The fourth-order valence-corrected chi connectivity index (χ4v) is 0.631. The number of carbonyl (C=O) groups is 2. The molecule has 1 rings (SSSR count). The average molecular weight is 138 g/mol. The van der Waals surface area contributed by atoms with Crippen molar-refractivity contribution in [3.05, 3.63) is 18.0 Å². The quantitative estimate of drug-likeness (QED) is 0.468. The molecule has 0 aliphatic heterocycles. The van der Waals surface area contributed by atoms with E-state index in [1.807, 2.05) is 0 Å². The summed E-state index contributed by atoms with van der Waals surface area (Å²) in [5, 5.41) is 6.12. The summed E-state index contributed by atoms with van der Waals surface area (Å²) in [6, 6.07) is 1.59. The van der Waals surface area contributed by atoms with Gasteiger partial charge in [0.05, 0.1) is 5.69 Å². The summed E-state index contributed by atoms with van der Waals surface area (Å²) >= 11 is 0. The zero-order chi connectivity index (χ0) is 7.40. The molecule has 0 amide bonds. The second kappa shape index (κ2) is 2.91. The van der Waals surface area contributed by atoms with Crippen LogP contribution in [0.15, 0.2) is 12.3 Å². The highest BCUT2D eigenvalue weighted by Gasteiger charge is 2.08. The minimum absolute atomic E-state index is 0.532. The molecule has 0 aliphatic rings. The predicted octanol–water partition coefficient (Wildman–Crippen LogP) is -0.109. The van der Waals surface area contributed by atoms with Gasteiger partial charge in [0.25, 0.3) is 0 Å². The molecule has 0 fully saturated rings. The lowest BCUT2D eigenvalue weighted by Gasteiger charge is -1.93. The number of H-pyrrole nitrogens is 1. The number of aldehydes is 2. The molecule has 1 N–H and O–H groups in total. The lowest BCUT2D eigenvalue weighted by atomic mass is 10.1. The van der Waals surface area contributed by atoms with Crippen LogP contribution in [0, 0.1) is 0 Å². The van der Waals surface area contributed by atoms with Gasteiger partial charge in [-0.25, -0.2) is 0 Å². The monoisotopic (exact) mass is 138 g/mol. The van der Waals surface area contributed by atoms with Crippen LogP contribution in [0.5, 0.6) is 0 Å². The number of carbonyl (C=O) groups excluding carboxylic acids is 2. The van der Waals surface area contributed by atoms with Crippen LogP contribution in [0.4, 0.5) is 0 Å². The van der Waals surface area contributed by atoms with Crippen LogP contribution in [-0.4, -0.2) is 22.8 Å². The molecule has 1 aromatic heterocycles. The first-order valence-corrected chi connectivity index (χ1v) is 2.78. The van der Waals surface area contributed by atoms with Crippen LogP contribution >= 0.6 is 0 Å². The number of hydrogen-bond donors (Lipinski definition) is 1. The summed E-state index contributed by atoms with van der Waals surface area (Å²) in [6.45, 7) is 0. The SMILES string of the molecule is O=CC(C=O)c1ccn[nH]1. The van der Waals surface area contributed by atoms with E-state index in [-0.39, 0.29) is 0 Å². The second-order valence-electron chi connectivity index (χ2n) is 1.81. The Hall–Kier alpha value is -1.45. The summed E-state index contributed by atoms with van der Waals surface area (Å²) in [4.78, 5) is 20.3. The summed E-state index contributed by atoms with van der Waals surface area (Å²) < 4.78 is 0. The van der Waals surface area contributed by atoms with Gasteiger partial charge in [-0.2, -0.15) is 5.10 Å². The molecule has 0 saturated heterocycles. The summed E-state index contributed by atoms with van der Waals surface area (Å²) in [5.74, 6) is -0.692. The fourth-order valence-electron chi connectivity index (χ4n) is 0.631. The van der Waals surface area contributed by atoms with Crippen molar-refractivity contribution in [1.82, 2.24) is 10.2 Å². The molecule has 0 spiro atoms. The highest BCUT2D eigenvalue weighted by atomic mass is 16.1. The number of nitrogens with zero attached hydrogens (tertiary/aromatic N) is 1. The average Bonchev–Trinajstić information content (AvgIpc) is 2.43. The van der Waals surface area contributed by atoms with E-state index in [1.54, 1.807) is 6.07 Å². The van der Waals surface area contributed by atoms with E-state index in [0.29, 0.717) is 18.3 Å². The van der Waals surface area contributed by atoms with Crippen molar-refractivity contribution in [3.63, 3.8) is 0 Å². The Balaban J connectivity index is 2.82. The maximum absolute atomic E-state index is 10.2. The number of hydrogen-bond acceptors (Lipinski definition) is 3. The predicted molar refractivity (Wildman–Crippen MR) is 33.5 cm³/mol. The van der Waals surface area contributed by atoms with E-state index < -0.39 is 5.92 Å². The van der Waals surface area contributed by atoms with E-state index >= 15 is 0 Å². The van der Waals surface area contributed by atoms with Gasteiger partial charge in [-0.15, -0.1) is 0 Å². The topological polar surface area (TPSA) is 62.8 Å². The summed E-state index contributed by atoms with van der Waals surface area (Å²) in [7, 11) is 0. The van der Waals surface area contributed by atoms with Crippen LogP contribution < -0.4 is 0 Å². The molecular formula is C6H6N2O2. The molecular weight excluding hydrogens is 132 g/mol. The van der Waals surface area contributed by atoms with Gasteiger partial charge in [0, 0.05) is 6.20 Å². The molecule has 1 heterocycles. The molecule has 0 radical (unpaired) electrons.